The van der Waals surface area contributed by atoms with Gasteiger partial charge in [-0.3, -0.25) is 25.1 Å². The van der Waals surface area contributed by atoms with Crippen LogP contribution in [0.25, 0.3) is 0 Å². The number of thioether (sulfide) groups is 1. The molecule has 8 N–H and O–H groups in total. The number of carboxylic acids is 2. The zero-order valence-corrected chi connectivity index (χ0v) is 29.8. The second-order valence-corrected chi connectivity index (χ2v) is 16.3. The first-order valence-corrected chi connectivity index (χ1v) is 19.2. The molecule has 2 saturated carbocycles. The maximum absolute atomic E-state index is 13.8. The quantitative estimate of drug-likeness (QED) is 0.0875. The molecule has 1 spiro atoms. The molecule has 1 aliphatic heterocycles. The van der Waals surface area contributed by atoms with Gasteiger partial charge in [0, 0.05) is 31.0 Å². The van der Waals surface area contributed by atoms with Gasteiger partial charge in [0.15, 0.2) is 0 Å². The van der Waals surface area contributed by atoms with Crippen molar-refractivity contribution < 1.29 is 49.1 Å². The molecule has 282 valence electrons. The summed E-state index contributed by atoms with van der Waals surface area (Å²) in [7, 11) is 0. The van der Waals surface area contributed by atoms with Crippen molar-refractivity contribution in [2.45, 2.75) is 107 Å². The van der Waals surface area contributed by atoms with Crippen molar-refractivity contribution in [3.05, 3.63) is 53.1 Å². The maximum Gasteiger partial charge on any atom is 0.353 e. The van der Waals surface area contributed by atoms with Crippen LogP contribution < -0.4 is 16.4 Å². The Bertz CT molecular complexity index is 1620. The standard InChI is InChI=1S/C37H48N4O10S/c38-37(50,35(48)49)12-7-27(42)40-26(31(43)41-32(44)33(45)46)19-52-30-29-28-23(16-20-3-5-24(6-4-20)36(30)10-1-2-11-36)17-22(18-25(28)34(47)51-29)15-21-8-13-39-14-9-21/h8-9,13-14,18,20,23-26,30,32,44,50H,1-7,10-12,15-17,19,38H2,(H,40,42)(H,41,43)(H,45,46)(H,48,49)/t20?,23-,24?,25+,26-,30-,32-,37+/m0/s1. The van der Waals surface area contributed by atoms with Crippen LogP contribution in [-0.4, -0.2) is 84.1 Å². The molecule has 0 unspecified atom stereocenters. The highest BCUT2D eigenvalue weighted by atomic mass is 32.2. The van der Waals surface area contributed by atoms with E-state index in [1.54, 1.807) is 12.4 Å². The smallest absolute Gasteiger partial charge is 0.353 e. The molecule has 52 heavy (non-hydrogen) atoms. The van der Waals surface area contributed by atoms with Crippen molar-refractivity contribution in [1.82, 2.24) is 15.6 Å². The van der Waals surface area contributed by atoms with E-state index in [4.69, 9.17) is 15.6 Å². The highest BCUT2D eigenvalue weighted by Crippen LogP contribution is 2.61. The summed E-state index contributed by atoms with van der Waals surface area (Å²) < 4.78 is 6.35. The lowest BCUT2D eigenvalue weighted by atomic mass is 9.60. The average Bonchev–Trinajstić information content (AvgIpc) is 3.73. The van der Waals surface area contributed by atoms with Gasteiger partial charge in [0.25, 0.3) is 0 Å². The SMILES string of the molecule is N[C@@](O)(CCC(=O)N[C@@H](CS[C@H]1C2=C3[C@H](CC(Cc4ccncc4)=C[C@H]3C(=O)O2)CC2CCC(CC2)C12CCCC2)C(=O)N[C@@H](O)C(=O)O)C(=O)O. The summed E-state index contributed by atoms with van der Waals surface area (Å²) in [6.45, 7) is 0. The van der Waals surface area contributed by atoms with E-state index in [1.807, 2.05) is 17.4 Å². The molecule has 5 aliphatic carbocycles. The molecule has 15 heteroatoms. The van der Waals surface area contributed by atoms with Crippen molar-refractivity contribution >= 4 is 41.5 Å². The zero-order valence-electron chi connectivity index (χ0n) is 29.0. The number of aliphatic hydroxyl groups excluding tert-OH is 1. The van der Waals surface area contributed by atoms with Crippen LogP contribution in [0.1, 0.15) is 82.6 Å². The number of allylic oxidation sites excluding steroid dienone is 1. The summed E-state index contributed by atoms with van der Waals surface area (Å²) in [5.74, 6) is -4.40. The van der Waals surface area contributed by atoms with E-state index in [1.165, 1.54) is 17.3 Å². The van der Waals surface area contributed by atoms with Crippen LogP contribution in [0.15, 0.2) is 47.5 Å². The number of esters is 1. The summed E-state index contributed by atoms with van der Waals surface area (Å²) in [6.07, 6.45) is 12.8. The minimum atomic E-state index is -2.67. The van der Waals surface area contributed by atoms with Crippen molar-refractivity contribution in [1.29, 1.82) is 0 Å². The molecule has 2 fully saturated rings. The summed E-state index contributed by atoms with van der Waals surface area (Å²) >= 11 is 1.40. The third-order valence-corrected chi connectivity index (χ3v) is 13.4. The number of amides is 2. The van der Waals surface area contributed by atoms with E-state index < -0.39 is 60.5 Å². The number of hydrogen-bond donors (Lipinski definition) is 7. The van der Waals surface area contributed by atoms with Gasteiger partial charge in [0.05, 0.1) is 5.25 Å². The van der Waals surface area contributed by atoms with Gasteiger partial charge in [-0.25, -0.2) is 9.59 Å². The number of carbonyl (C=O) groups is 5. The monoisotopic (exact) mass is 740 g/mol. The highest BCUT2D eigenvalue weighted by Gasteiger charge is 2.55. The largest absolute Gasteiger partial charge is 0.478 e. The Hall–Kier alpha value is -3.79. The molecule has 1 aromatic rings. The number of rotatable bonds is 13. The molecule has 6 aliphatic rings. The third-order valence-electron chi connectivity index (χ3n) is 11.9. The second-order valence-electron chi connectivity index (χ2n) is 15.2. The average molecular weight is 741 g/mol. The molecule has 1 aromatic heterocycles. The van der Waals surface area contributed by atoms with Crippen LogP contribution in [-0.2, 0) is 35.1 Å². The molecule has 2 heterocycles. The summed E-state index contributed by atoms with van der Waals surface area (Å²) in [6, 6.07) is 2.61. The van der Waals surface area contributed by atoms with Crippen molar-refractivity contribution in [3.8, 4) is 0 Å². The number of nitrogens with two attached hydrogens (primary N) is 1. The van der Waals surface area contributed by atoms with Gasteiger partial charge in [-0.05, 0) is 91.4 Å². The molecular formula is C37H48N4O10S. The maximum atomic E-state index is 13.8. The first-order chi connectivity index (χ1) is 24.8. The van der Waals surface area contributed by atoms with Crippen molar-refractivity contribution in [3.63, 3.8) is 0 Å². The molecule has 2 bridgehead atoms. The third kappa shape index (κ3) is 8.07. The van der Waals surface area contributed by atoms with Crippen LogP contribution in [0.3, 0.4) is 0 Å². The number of aliphatic hydroxyl groups is 2. The molecule has 0 saturated heterocycles. The van der Waals surface area contributed by atoms with Gasteiger partial charge in [0.2, 0.25) is 23.8 Å². The van der Waals surface area contributed by atoms with E-state index in [2.05, 4.69) is 16.4 Å². The zero-order chi connectivity index (χ0) is 37.2. The molecule has 2 amide bonds. The lowest BCUT2D eigenvalue weighted by molar-refractivity contribution is -0.159. The van der Waals surface area contributed by atoms with E-state index >= 15 is 0 Å². The Morgan fingerprint density at radius 1 is 1.08 bits per heavy atom. The Balaban J connectivity index is 1.34. The fourth-order valence-electron chi connectivity index (χ4n) is 9.31. The number of ether oxygens (including phenoxy) is 1. The van der Waals surface area contributed by atoms with Crippen molar-refractivity contribution in [2.24, 2.45) is 34.8 Å². The van der Waals surface area contributed by atoms with Crippen LogP contribution in [0.5, 0.6) is 0 Å². The summed E-state index contributed by atoms with van der Waals surface area (Å²) in [4.78, 5) is 67.1. The first kappa shape index (κ1) is 38.0. The lowest BCUT2D eigenvalue weighted by Gasteiger charge is -2.48. The van der Waals surface area contributed by atoms with Gasteiger partial charge in [0.1, 0.15) is 17.7 Å². The number of nitrogens with zero attached hydrogens (tertiary/aromatic N) is 1. The molecule has 0 aromatic carbocycles. The van der Waals surface area contributed by atoms with Crippen LogP contribution in [0.4, 0.5) is 0 Å². The van der Waals surface area contributed by atoms with E-state index in [9.17, 15) is 39.3 Å². The summed E-state index contributed by atoms with van der Waals surface area (Å²) in [5.41, 5.74) is 5.81. The van der Waals surface area contributed by atoms with Crippen LogP contribution in [0, 0.1) is 29.1 Å². The van der Waals surface area contributed by atoms with E-state index in [-0.39, 0.29) is 28.3 Å². The van der Waals surface area contributed by atoms with Gasteiger partial charge >= 0.3 is 17.9 Å². The predicted molar refractivity (Wildman–Crippen MR) is 188 cm³/mol. The number of carboxylic acid groups (broad SMARTS) is 2. The Kier molecular flexibility index (Phi) is 11.4. The predicted octanol–water partition coefficient (Wildman–Crippen LogP) is 2.39. The minimum Gasteiger partial charge on any atom is -0.478 e. The van der Waals surface area contributed by atoms with E-state index in [0.29, 0.717) is 24.0 Å². The number of nitrogens with one attached hydrogen (secondary N) is 2. The first-order valence-electron chi connectivity index (χ1n) is 18.2. The fourth-order valence-corrected chi connectivity index (χ4v) is 11.0. The molecule has 0 radical (unpaired) electrons. The summed E-state index contributed by atoms with van der Waals surface area (Å²) in [5, 5.41) is 42.5. The Morgan fingerprint density at radius 3 is 2.42 bits per heavy atom. The topological polar surface area (TPSA) is 238 Å². The molecule has 14 nitrogen and oxygen atoms in total. The van der Waals surface area contributed by atoms with Gasteiger partial charge in [-0.2, -0.15) is 0 Å². The van der Waals surface area contributed by atoms with Gasteiger partial charge < -0.3 is 35.8 Å². The lowest BCUT2D eigenvalue weighted by Crippen LogP contribution is -2.54. The number of fused-ring (bicyclic) bond motifs is 2. The Morgan fingerprint density at radius 2 is 1.77 bits per heavy atom. The van der Waals surface area contributed by atoms with Gasteiger partial charge in [-0.15, -0.1) is 11.8 Å². The minimum absolute atomic E-state index is 0.0652. The highest BCUT2D eigenvalue weighted by molar-refractivity contribution is 8.00. The number of carbonyl (C=O) groups excluding carboxylic acids is 3. The second kappa shape index (κ2) is 15.7. The normalized spacial score (nSPS) is 28.6. The molecule has 7 rings (SSSR count). The van der Waals surface area contributed by atoms with Crippen molar-refractivity contribution in [2.75, 3.05) is 5.75 Å². The number of aliphatic carboxylic acids is 2. The molecule has 6 atom stereocenters. The molecular weight excluding hydrogens is 692 g/mol. The number of aromatic nitrogens is 1. The fraction of sp³-hybridized carbons (Fsp3) is 0.622. The van der Waals surface area contributed by atoms with E-state index in [0.717, 1.165) is 75.3 Å². The van der Waals surface area contributed by atoms with Gasteiger partial charge in [-0.1, -0.05) is 37.3 Å². The number of hydrogen-bond acceptors (Lipinski definition) is 11. The van der Waals surface area contributed by atoms with Crippen LogP contribution >= 0.6 is 11.8 Å². The number of pyridine rings is 1. The van der Waals surface area contributed by atoms with Crippen LogP contribution in [0.2, 0.25) is 0 Å². The Labute approximate surface area is 306 Å².